The Hall–Kier alpha value is -0.940. The maximum Gasteiger partial charge on any atom is 0.310 e. The molecule has 2 heterocycles. The van der Waals surface area contributed by atoms with Crippen molar-refractivity contribution in [2.45, 2.75) is 13.0 Å². The molecule has 0 aromatic carbocycles. The number of hydrogen-bond acceptors (Lipinski definition) is 5. The van der Waals surface area contributed by atoms with Crippen LogP contribution in [0.5, 0.6) is 0 Å². The van der Waals surface area contributed by atoms with Gasteiger partial charge >= 0.3 is 5.97 Å². The number of carbonyl (C=O) groups is 1. The molecule has 1 aromatic rings. The van der Waals surface area contributed by atoms with Crippen LogP contribution in [0, 0.1) is 5.92 Å². The summed E-state index contributed by atoms with van der Waals surface area (Å²) in [5.41, 5.74) is 1.84. The first kappa shape index (κ1) is 10.6. The number of carbonyl (C=O) groups excluding carboxylic acids is 1. The molecule has 0 spiro atoms. The van der Waals surface area contributed by atoms with Crippen molar-refractivity contribution in [3.63, 3.8) is 0 Å². The van der Waals surface area contributed by atoms with Crippen LogP contribution in [0.25, 0.3) is 0 Å². The van der Waals surface area contributed by atoms with Gasteiger partial charge in [-0.25, -0.2) is 0 Å². The van der Waals surface area contributed by atoms with E-state index in [9.17, 15) is 4.79 Å². The molecular weight excluding hydrogens is 212 g/mol. The molecule has 5 heteroatoms. The number of likely N-dealkylation sites (tertiary alicyclic amines) is 1. The van der Waals surface area contributed by atoms with Crippen LogP contribution in [0.2, 0.25) is 0 Å². The zero-order valence-electron chi connectivity index (χ0n) is 8.68. The van der Waals surface area contributed by atoms with E-state index in [0.29, 0.717) is 0 Å². The fourth-order valence-electron chi connectivity index (χ4n) is 1.88. The van der Waals surface area contributed by atoms with E-state index in [4.69, 9.17) is 4.74 Å². The van der Waals surface area contributed by atoms with Crippen molar-refractivity contribution in [3.05, 3.63) is 16.6 Å². The summed E-state index contributed by atoms with van der Waals surface area (Å²) in [5.74, 6) is -0.0234. The second-order valence-corrected chi connectivity index (χ2v) is 4.68. The third-order valence-corrected chi connectivity index (χ3v) is 3.43. The van der Waals surface area contributed by atoms with Gasteiger partial charge in [-0.05, 0) is 13.0 Å². The van der Waals surface area contributed by atoms with E-state index < -0.39 is 0 Å². The lowest BCUT2D eigenvalue weighted by molar-refractivity contribution is -0.144. The Morgan fingerprint density at radius 2 is 2.67 bits per heavy atom. The maximum absolute atomic E-state index is 11.3. The smallest absolute Gasteiger partial charge is 0.310 e. The zero-order valence-corrected chi connectivity index (χ0v) is 9.50. The van der Waals surface area contributed by atoms with Crippen LogP contribution in [0.4, 0.5) is 0 Å². The summed E-state index contributed by atoms with van der Waals surface area (Å²) in [5, 5.41) is 0. The second-order valence-electron chi connectivity index (χ2n) is 3.71. The Kier molecular flexibility index (Phi) is 3.33. The minimum Gasteiger partial charge on any atom is -0.469 e. The number of thiazole rings is 1. The molecule has 1 aliphatic rings. The van der Waals surface area contributed by atoms with Gasteiger partial charge in [-0.2, -0.15) is 0 Å². The van der Waals surface area contributed by atoms with Crippen molar-refractivity contribution in [2.75, 3.05) is 20.2 Å². The van der Waals surface area contributed by atoms with Gasteiger partial charge in [-0.15, -0.1) is 11.3 Å². The largest absolute Gasteiger partial charge is 0.469 e. The number of hydrogen-bond donors (Lipinski definition) is 0. The molecule has 0 amide bonds. The molecule has 1 atom stereocenters. The first-order valence-electron chi connectivity index (χ1n) is 4.97. The SMILES string of the molecule is COC(=O)C1CCN(Cc2cncs2)C1. The zero-order chi connectivity index (χ0) is 10.7. The third-order valence-electron chi connectivity index (χ3n) is 2.67. The molecule has 1 saturated heterocycles. The molecule has 1 aliphatic heterocycles. The van der Waals surface area contributed by atoms with Crippen LogP contribution in [-0.2, 0) is 16.1 Å². The average molecular weight is 226 g/mol. The van der Waals surface area contributed by atoms with Crippen LogP contribution < -0.4 is 0 Å². The van der Waals surface area contributed by atoms with Gasteiger partial charge in [0.2, 0.25) is 0 Å². The van der Waals surface area contributed by atoms with E-state index in [2.05, 4.69) is 9.88 Å². The lowest BCUT2D eigenvalue weighted by Crippen LogP contribution is -2.23. The highest BCUT2D eigenvalue weighted by atomic mass is 32.1. The van der Waals surface area contributed by atoms with Gasteiger partial charge in [0.25, 0.3) is 0 Å². The van der Waals surface area contributed by atoms with Crippen molar-refractivity contribution >= 4 is 17.3 Å². The maximum atomic E-state index is 11.3. The fraction of sp³-hybridized carbons (Fsp3) is 0.600. The van der Waals surface area contributed by atoms with E-state index in [-0.39, 0.29) is 11.9 Å². The predicted molar refractivity (Wildman–Crippen MR) is 57.5 cm³/mol. The second kappa shape index (κ2) is 4.72. The first-order valence-corrected chi connectivity index (χ1v) is 5.85. The van der Waals surface area contributed by atoms with E-state index in [1.165, 1.54) is 12.0 Å². The summed E-state index contributed by atoms with van der Waals surface area (Å²) >= 11 is 1.66. The molecule has 0 saturated carbocycles. The lowest BCUT2D eigenvalue weighted by Gasteiger charge is -2.13. The molecule has 1 unspecified atom stereocenters. The Morgan fingerprint density at radius 3 is 3.33 bits per heavy atom. The van der Waals surface area contributed by atoms with Gasteiger partial charge in [0, 0.05) is 24.2 Å². The molecule has 1 fully saturated rings. The first-order chi connectivity index (χ1) is 7.29. The average Bonchev–Trinajstić information content (AvgIpc) is 2.88. The Bertz CT molecular complexity index is 326. The van der Waals surface area contributed by atoms with E-state index >= 15 is 0 Å². The predicted octanol–water partition coefficient (Wildman–Crippen LogP) is 1.14. The molecule has 4 nitrogen and oxygen atoms in total. The minimum absolute atomic E-state index is 0.0583. The number of rotatable bonds is 3. The molecule has 0 radical (unpaired) electrons. The van der Waals surface area contributed by atoms with E-state index in [1.54, 1.807) is 11.3 Å². The highest BCUT2D eigenvalue weighted by Gasteiger charge is 2.28. The molecule has 0 N–H and O–H groups in total. The van der Waals surface area contributed by atoms with Crippen molar-refractivity contribution in [1.82, 2.24) is 9.88 Å². The van der Waals surface area contributed by atoms with E-state index in [0.717, 1.165) is 26.1 Å². The molecule has 0 bridgehead atoms. The van der Waals surface area contributed by atoms with Crippen LogP contribution >= 0.6 is 11.3 Å². The molecule has 0 aliphatic carbocycles. The molecular formula is C10H14N2O2S. The monoisotopic (exact) mass is 226 g/mol. The summed E-state index contributed by atoms with van der Waals surface area (Å²) in [6.45, 7) is 2.68. The Labute approximate surface area is 92.9 Å². The van der Waals surface area contributed by atoms with Gasteiger partial charge in [0.15, 0.2) is 0 Å². The standard InChI is InChI=1S/C10H14N2O2S/c1-14-10(13)8-2-3-12(5-8)6-9-4-11-7-15-9/h4,7-8H,2-3,5-6H2,1H3. The number of esters is 1. The van der Waals surface area contributed by atoms with Gasteiger partial charge in [-0.1, -0.05) is 0 Å². The Morgan fingerprint density at radius 1 is 1.80 bits per heavy atom. The van der Waals surface area contributed by atoms with Gasteiger partial charge < -0.3 is 4.74 Å². The number of methoxy groups -OCH3 is 1. The van der Waals surface area contributed by atoms with Crippen LogP contribution in [-0.4, -0.2) is 36.1 Å². The molecule has 1 aromatic heterocycles. The number of nitrogens with zero attached hydrogens (tertiary/aromatic N) is 2. The summed E-state index contributed by atoms with van der Waals surface area (Å²) in [4.78, 5) is 18.9. The Balaban J connectivity index is 1.85. The topological polar surface area (TPSA) is 42.4 Å². The summed E-state index contributed by atoms with van der Waals surface area (Å²) in [6.07, 6.45) is 2.79. The van der Waals surface area contributed by atoms with Gasteiger partial charge in [0.05, 0.1) is 18.5 Å². The highest BCUT2D eigenvalue weighted by Crippen LogP contribution is 2.20. The molecule has 82 valence electrons. The summed E-state index contributed by atoms with van der Waals surface area (Å²) < 4.78 is 4.74. The molecule has 15 heavy (non-hydrogen) atoms. The van der Waals surface area contributed by atoms with Crippen molar-refractivity contribution < 1.29 is 9.53 Å². The van der Waals surface area contributed by atoms with Crippen molar-refractivity contribution in [2.24, 2.45) is 5.92 Å². The molecule has 2 rings (SSSR count). The van der Waals surface area contributed by atoms with Crippen LogP contribution in [0.15, 0.2) is 11.7 Å². The third kappa shape index (κ3) is 2.54. The number of ether oxygens (including phenoxy) is 1. The summed E-state index contributed by atoms with van der Waals surface area (Å²) in [6, 6.07) is 0. The van der Waals surface area contributed by atoms with Gasteiger partial charge in [-0.3, -0.25) is 14.7 Å². The summed E-state index contributed by atoms with van der Waals surface area (Å²) in [7, 11) is 1.45. The van der Waals surface area contributed by atoms with Gasteiger partial charge in [0.1, 0.15) is 0 Å². The lowest BCUT2D eigenvalue weighted by atomic mass is 10.1. The quantitative estimate of drug-likeness (QED) is 0.725. The highest BCUT2D eigenvalue weighted by molar-refractivity contribution is 7.09. The van der Waals surface area contributed by atoms with Crippen LogP contribution in [0.1, 0.15) is 11.3 Å². The minimum atomic E-state index is -0.0817. The van der Waals surface area contributed by atoms with Crippen LogP contribution in [0.3, 0.4) is 0 Å². The van der Waals surface area contributed by atoms with Crippen molar-refractivity contribution in [1.29, 1.82) is 0 Å². The normalized spacial score (nSPS) is 21.8. The van der Waals surface area contributed by atoms with Crippen molar-refractivity contribution in [3.8, 4) is 0 Å². The van der Waals surface area contributed by atoms with E-state index in [1.807, 2.05) is 11.7 Å². The fourth-order valence-corrected chi connectivity index (χ4v) is 2.51. The number of aromatic nitrogens is 1.